The number of carbonyl (C=O) groups is 1. The normalized spacial score (nSPS) is 10.6. The summed E-state index contributed by atoms with van der Waals surface area (Å²) in [6.45, 7) is 0.832. The van der Waals surface area contributed by atoms with Gasteiger partial charge in [0.05, 0.1) is 6.54 Å². The Labute approximate surface area is 131 Å². The molecule has 1 aromatic heterocycles. The van der Waals surface area contributed by atoms with Crippen molar-refractivity contribution in [2.75, 3.05) is 20.1 Å². The summed E-state index contributed by atoms with van der Waals surface area (Å²) in [6, 6.07) is 12.0. The maximum atomic E-state index is 11.3. The average Bonchev–Trinajstić information content (AvgIpc) is 3.03. The summed E-state index contributed by atoms with van der Waals surface area (Å²) < 4.78 is 5.37. The Morgan fingerprint density at radius 3 is 2.73 bits per heavy atom. The zero-order chi connectivity index (χ0) is 15.8. The van der Waals surface area contributed by atoms with E-state index >= 15 is 0 Å². The van der Waals surface area contributed by atoms with Crippen LogP contribution in [0.25, 0.3) is 11.3 Å². The number of nitrogens with two attached hydrogens (primary N) is 1. The highest BCUT2D eigenvalue weighted by atomic mass is 16.5. The lowest BCUT2D eigenvalue weighted by atomic mass is 10.1. The summed E-state index contributed by atoms with van der Waals surface area (Å²) in [5.41, 5.74) is 7.27. The Hall–Kier alpha value is -2.14. The first-order valence-electron chi connectivity index (χ1n) is 7.65. The molecular formula is C17H23N3O2. The van der Waals surface area contributed by atoms with Crippen LogP contribution in [0.15, 0.2) is 40.9 Å². The third-order valence-electron chi connectivity index (χ3n) is 3.65. The number of aromatic nitrogens is 1. The number of hydrogen-bond donors (Lipinski definition) is 1. The van der Waals surface area contributed by atoms with Crippen LogP contribution in [0.1, 0.15) is 25.0 Å². The fraction of sp³-hybridized carbons (Fsp3) is 0.412. The number of unbranched alkanes of at least 4 members (excludes halogenated alkanes) is 2. The van der Waals surface area contributed by atoms with Crippen molar-refractivity contribution in [1.82, 2.24) is 10.1 Å². The number of rotatable bonds is 8. The van der Waals surface area contributed by atoms with Crippen LogP contribution in [0.2, 0.25) is 0 Å². The maximum absolute atomic E-state index is 11.3. The van der Waals surface area contributed by atoms with E-state index in [4.69, 9.17) is 10.3 Å². The second-order valence-corrected chi connectivity index (χ2v) is 5.37. The number of hydrogen-bond acceptors (Lipinski definition) is 4. The van der Waals surface area contributed by atoms with Gasteiger partial charge in [0.25, 0.3) is 0 Å². The lowest BCUT2D eigenvalue weighted by molar-refractivity contribution is -0.128. The molecular weight excluding hydrogens is 278 g/mol. The van der Waals surface area contributed by atoms with E-state index in [-0.39, 0.29) is 12.5 Å². The molecule has 2 rings (SSSR count). The smallest absolute Gasteiger partial charge is 0.236 e. The quantitative estimate of drug-likeness (QED) is 0.760. The van der Waals surface area contributed by atoms with Gasteiger partial charge < -0.3 is 15.2 Å². The first-order chi connectivity index (χ1) is 10.7. The second kappa shape index (κ2) is 8.34. The molecule has 5 heteroatoms. The highest BCUT2D eigenvalue weighted by Crippen LogP contribution is 2.19. The van der Waals surface area contributed by atoms with Crippen LogP contribution in [0, 0.1) is 0 Å². The van der Waals surface area contributed by atoms with E-state index in [1.165, 1.54) is 0 Å². The minimum atomic E-state index is -0.0114. The van der Waals surface area contributed by atoms with Crippen molar-refractivity contribution < 1.29 is 9.32 Å². The van der Waals surface area contributed by atoms with Crippen molar-refractivity contribution in [2.45, 2.75) is 25.7 Å². The SMILES string of the molecule is CN(CCCCCc1cc(-c2ccccc2)no1)C(=O)CN. The van der Waals surface area contributed by atoms with Gasteiger partial charge in [-0.15, -0.1) is 0 Å². The van der Waals surface area contributed by atoms with Crippen molar-refractivity contribution in [2.24, 2.45) is 5.73 Å². The van der Waals surface area contributed by atoms with Crippen LogP contribution in [-0.2, 0) is 11.2 Å². The van der Waals surface area contributed by atoms with Gasteiger partial charge in [-0.1, -0.05) is 41.9 Å². The highest BCUT2D eigenvalue weighted by Gasteiger charge is 2.07. The Kier molecular flexibility index (Phi) is 6.15. The van der Waals surface area contributed by atoms with E-state index < -0.39 is 0 Å². The van der Waals surface area contributed by atoms with Gasteiger partial charge in [-0.25, -0.2) is 0 Å². The molecule has 118 valence electrons. The van der Waals surface area contributed by atoms with Crippen LogP contribution < -0.4 is 5.73 Å². The first-order valence-corrected chi connectivity index (χ1v) is 7.65. The molecule has 0 bridgehead atoms. The van der Waals surface area contributed by atoms with Crippen LogP contribution >= 0.6 is 0 Å². The molecule has 0 aliphatic carbocycles. The predicted molar refractivity (Wildman–Crippen MR) is 86.2 cm³/mol. The zero-order valence-electron chi connectivity index (χ0n) is 13.0. The summed E-state index contributed by atoms with van der Waals surface area (Å²) >= 11 is 0. The maximum Gasteiger partial charge on any atom is 0.236 e. The topological polar surface area (TPSA) is 72.4 Å². The molecule has 0 unspecified atom stereocenters. The molecule has 2 N–H and O–H groups in total. The number of carbonyl (C=O) groups excluding carboxylic acids is 1. The van der Waals surface area contributed by atoms with Crippen molar-refractivity contribution in [1.29, 1.82) is 0 Å². The van der Waals surface area contributed by atoms with Gasteiger partial charge >= 0.3 is 0 Å². The van der Waals surface area contributed by atoms with Crippen molar-refractivity contribution in [3.63, 3.8) is 0 Å². The van der Waals surface area contributed by atoms with Crippen LogP contribution in [0.5, 0.6) is 0 Å². The molecule has 1 aromatic carbocycles. The molecule has 0 aliphatic heterocycles. The van der Waals surface area contributed by atoms with Gasteiger partial charge in [-0.3, -0.25) is 4.79 Å². The van der Waals surface area contributed by atoms with E-state index in [0.717, 1.165) is 49.2 Å². The second-order valence-electron chi connectivity index (χ2n) is 5.37. The van der Waals surface area contributed by atoms with E-state index in [1.807, 2.05) is 36.4 Å². The third kappa shape index (κ3) is 4.70. The van der Waals surface area contributed by atoms with Crippen molar-refractivity contribution in [3.8, 4) is 11.3 Å². The summed E-state index contributed by atoms with van der Waals surface area (Å²) in [5.74, 6) is 0.896. The van der Waals surface area contributed by atoms with Gasteiger partial charge in [0, 0.05) is 31.6 Å². The molecule has 0 saturated heterocycles. The van der Waals surface area contributed by atoms with E-state index in [9.17, 15) is 4.79 Å². The van der Waals surface area contributed by atoms with Crippen LogP contribution in [0.4, 0.5) is 0 Å². The van der Waals surface area contributed by atoms with Crippen molar-refractivity contribution in [3.05, 3.63) is 42.2 Å². The van der Waals surface area contributed by atoms with E-state index in [2.05, 4.69) is 5.16 Å². The fourth-order valence-electron chi connectivity index (χ4n) is 2.28. The van der Waals surface area contributed by atoms with Gasteiger partial charge in [0.15, 0.2) is 0 Å². The standard InChI is InChI=1S/C17H23N3O2/c1-20(17(21)13-18)11-7-3-6-10-15-12-16(19-22-15)14-8-4-2-5-9-14/h2,4-5,8-9,12H,3,6-7,10-11,13,18H2,1H3. The minimum absolute atomic E-state index is 0.0114. The van der Waals surface area contributed by atoms with Gasteiger partial charge in [-0.05, 0) is 12.8 Å². The zero-order valence-corrected chi connectivity index (χ0v) is 13.0. The lowest BCUT2D eigenvalue weighted by Crippen LogP contribution is -2.33. The molecule has 1 amide bonds. The summed E-state index contributed by atoms with van der Waals surface area (Å²) in [5, 5.41) is 4.11. The summed E-state index contributed by atoms with van der Waals surface area (Å²) in [4.78, 5) is 13.0. The number of likely N-dealkylation sites (N-methyl/N-ethyl adjacent to an activating group) is 1. The lowest BCUT2D eigenvalue weighted by Gasteiger charge is -2.15. The Bertz CT molecular complexity index is 581. The Balaban J connectivity index is 1.70. The molecule has 5 nitrogen and oxygen atoms in total. The predicted octanol–water partition coefficient (Wildman–Crippen LogP) is 2.47. The molecule has 0 fully saturated rings. The van der Waals surface area contributed by atoms with Gasteiger partial charge in [0.1, 0.15) is 11.5 Å². The third-order valence-corrected chi connectivity index (χ3v) is 3.65. The highest BCUT2D eigenvalue weighted by molar-refractivity contribution is 5.77. The average molecular weight is 301 g/mol. The number of aryl methyl sites for hydroxylation is 1. The molecule has 0 radical (unpaired) electrons. The molecule has 22 heavy (non-hydrogen) atoms. The molecule has 0 spiro atoms. The van der Waals surface area contributed by atoms with Crippen molar-refractivity contribution >= 4 is 5.91 Å². The van der Waals surface area contributed by atoms with Crippen LogP contribution in [-0.4, -0.2) is 36.1 Å². The summed E-state index contributed by atoms with van der Waals surface area (Å²) in [6.07, 6.45) is 3.91. The largest absolute Gasteiger partial charge is 0.361 e. The number of nitrogens with zero attached hydrogens (tertiary/aromatic N) is 2. The molecule has 2 aromatic rings. The molecule has 0 atom stereocenters. The van der Waals surface area contributed by atoms with Gasteiger partial charge in [0.2, 0.25) is 5.91 Å². The monoisotopic (exact) mass is 301 g/mol. The Morgan fingerprint density at radius 1 is 1.23 bits per heavy atom. The molecule has 0 saturated carbocycles. The van der Waals surface area contributed by atoms with E-state index in [0.29, 0.717) is 0 Å². The van der Waals surface area contributed by atoms with E-state index in [1.54, 1.807) is 11.9 Å². The fourth-order valence-corrected chi connectivity index (χ4v) is 2.28. The number of benzene rings is 1. The Morgan fingerprint density at radius 2 is 2.00 bits per heavy atom. The molecule has 1 heterocycles. The first kappa shape index (κ1) is 16.2. The number of amides is 1. The summed E-state index contributed by atoms with van der Waals surface area (Å²) in [7, 11) is 1.79. The van der Waals surface area contributed by atoms with Crippen LogP contribution in [0.3, 0.4) is 0 Å². The van der Waals surface area contributed by atoms with Gasteiger partial charge in [-0.2, -0.15) is 0 Å². The molecule has 0 aliphatic rings. The minimum Gasteiger partial charge on any atom is -0.361 e.